The first kappa shape index (κ1) is 20.7. The summed E-state index contributed by atoms with van der Waals surface area (Å²) >= 11 is 1.68. The lowest BCUT2D eigenvalue weighted by Crippen LogP contribution is -2.50. The number of carboxylic acids is 1. The molecule has 4 rings (SSSR count). The highest BCUT2D eigenvalue weighted by Crippen LogP contribution is 2.40. The van der Waals surface area contributed by atoms with Crippen LogP contribution in [0.3, 0.4) is 0 Å². The summed E-state index contributed by atoms with van der Waals surface area (Å²) in [7, 11) is 0. The first-order chi connectivity index (χ1) is 14.5. The normalized spacial score (nSPS) is 20.0. The van der Waals surface area contributed by atoms with Crippen molar-refractivity contribution in [3.8, 4) is 11.1 Å². The van der Waals surface area contributed by atoms with Crippen molar-refractivity contribution in [2.45, 2.75) is 23.8 Å². The lowest BCUT2D eigenvalue weighted by molar-refractivity contribution is -0.146. The van der Waals surface area contributed by atoms with Crippen LogP contribution in [-0.4, -0.2) is 59.0 Å². The van der Waals surface area contributed by atoms with Gasteiger partial charge in [0.1, 0.15) is 13.2 Å². The number of amides is 1. The molecule has 2 atom stereocenters. The average Bonchev–Trinajstić information content (AvgIpc) is 2.74. The smallest absolute Gasteiger partial charge is 0.329 e. The first-order valence-electron chi connectivity index (χ1n) is 9.91. The average molecular weight is 429 g/mol. The maximum absolute atomic E-state index is 12.6. The third kappa shape index (κ3) is 4.15. The second-order valence-electron chi connectivity index (χ2n) is 7.79. The Kier molecular flexibility index (Phi) is 5.97. The Morgan fingerprint density at radius 3 is 2.57 bits per heavy atom. The molecular weight excluding hydrogens is 404 g/mol. The first-order valence-corrected chi connectivity index (χ1v) is 11.1. The van der Waals surface area contributed by atoms with Crippen LogP contribution in [0.15, 0.2) is 46.1 Å². The van der Waals surface area contributed by atoms with Crippen LogP contribution >= 0.6 is 11.8 Å². The molecule has 2 aliphatic rings. The molecule has 8 heteroatoms. The number of piperidine rings is 1. The summed E-state index contributed by atoms with van der Waals surface area (Å²) in [5.41, 5.74) is 3.07. The molecule has 2 aliphatic heterocycles. The van der Waals surface area contributed by atoms with Crippen molar-refractivity contribution in [1.29, 1.82) is 0 Å². The van der Waals surface area contributed by atoms with E-state index < -0.39 is 12.6 Å². The van der Waals surface area contributed by atoms with Crippen LogP contribution < -0.4 is 5.56 Å². The molecule has 0 radical (unpaired) electrons. The summed E-state index contributed by atoms with van der Waals surface area (Å²) in [6.07, 6.45) is 2.96. The van der Waals surface area contributed by atoms with Gasteiger partial charge in [-0.3, -0.25) is 9.59 Å². The van der Waals surface area contributed by atoms with Gasteiger partial charge < -0.3 is 19.3 Å². The molecule has 1 N–H and O–H groups in total. The van der Waals surface area contributed by atoms with Gasteiger partial charge in [0.2, 0.25) is 5.91 Å². The van der Waals surface area contributed by atoms with Crippen LogP contribution in [0.5, 0.6) is 0 Å². The summed E-state index contributed by atoms with van der Waals surface area (Å²) in [6, 6.07) is 11.8. The minimum atomic E-state index is -1.09. The molecule has 2 aromatic rings. The number of hydrogen-bond acceptors (Lipinski definition) is 5. The number of carbonyl (C=O) groups is 2. The fourth-order valence-electron chi connectivity index (χ4n) is 4.55. The number of carbonyl (C=O) groups excluding carboxylic acids is 1. The zero-order valence-electron chi connectivity index (χ0n) is 16.7. The molecular formula is C22H24N2O5S. The third-order valence-electron chi connectivity index (χ3n) is 5.79. The van der Waals surface area contributed by atoms with Gasteiger partial charge in [0, 0.05) is 47.8 Å². The minimum Gasteiger partial charge on any atom is -0.480 e. The van der Waals surface area contributed by atoms with E-state index in [1.54, 1.807) is 22.7 Å². The highest BCUT2D eigenvalue weighted by molar-refractivity contribution is 7.98. The standard InChI is InChI=1S/C22H24N2O5S/c1-30-17-4-2-15(3-5-17)18-6-7-19(25)24-10-14-8-16(22(18)24)11-23(9-14)20(26)12-29-13-21(27)28/h2-7,14,16H,8-13H2,1H3,(H,27,28)/t14-,16+/m0/s1. The van der Waals surface area contributed by atoms with Gasteiger partial charge in [0.15, 0.2) is 0 Å². The molecule has 0 aliphatic carbocycles. The lowest BCUT2D eigenvalue weighted by Gasteiger charge is -2.43. The van der Waals surface area contributed by atoms with Gasteiger partial charge in [-0.05, 0) is 42.4 Å². The van der Waals surface area contributed by atoms with Gasteiger partial charge in [-0.2, -0.15) is 0 Å². The van der Waals surface area contributed by atoms with E-state index in [9.17, 15) is 14.4 Å². The Morgan fingerprint density at radius 1 is 1.10 bits per heavy atom. The molecule has 1 aromatic carbocycles. The van der Waals surface area contributed by atoms with Crippen molar-refractivity contribution < 1.29 is 19.4 Å². The molecule has 0 saturated carbocycles. The molecule has 0 spiro atoms. The molecule has 7 nitrogen and oxygen atoms in total. The summed E-state index contributed by atoms with van der Waals surface area (Å²) in [6.45, 7) is 0.924. The quantitative estimate of drug-likeness (QED) is 0.710. The topological polar surface area (TPSA) is 88.8 Å². The highest BCUT2D eigenvalue weighted by atomic mass is 32.2. The third-order valence-corrected chi connectivity index (χ3v) is 6.54. The Hall–Kier alpha value is -2.58. The summed E-state index contributed by atoms with van der Waals surface area (Å²) in [4.78, 5) is 38.7. The van der Waals surface area contributed by atoms with Crippen LogP contribution in [0.4, 0.5) is 0 Å². The minimum absolute atomic E-state index is 0.00579. The maximum atomic E-state index is 12.6. The van der Waals surface area contributed by atoms with E-state index in [4.69, 9.17) is 9.84 Å². The van der Waals surface area contributed by atoms with Crippen molar-refractivity contribution in [3.63, 3.8) is 0 Å². The van der Waals surface area contributed by atoms with Crippen LogP contribution in [-0.2, 0) is 20.9 Å². The van der Waals surface area contributed by atoms with E-state index in [0.29, 0.717) is 19.6 Å². The van der Waals surface area contributed by atoms with E-state index in [1.165, 1.54) is 4.90 Å². The van der Waals surface area contributed by atoms with Gasteiger partial charge in [-0.1, -0.05) is 12.1 Å². The number of rotatable bonds is 6. The van der Waals surface area contributed by atoms with Gasteiger partial charge in [0.25, 0.3) is 5.56 Å². The highest BCUT2D eigenvalue weighted by Gasteiger charge is 2.37. The number of ether oxygens (including phenoxy) is 1. The van der Waals surface area contributed by atoms with Crippen LogP contribution in [0.2, 0.25) is 0 Å². The fourth-order valence-corrected chi connectivity index (χ4v) is 4.96. The van der Waals surface area contributed by atoms with E-state index in [-0.39, 0.29) is 29.9 Å². The molecule has 1 amide bonds. The van der Waals surface area contributed by atoms with Crippen molar-refractivity contribution >= 4 is 23.6 Å². The van der Waals surface area contributed by atoms with Gasteiger partial charge >= 0.3 is 5.97 Å². The largest absolute Gasteiger partial charge is 0.480 e. The molecule has 2 bridgehead atoms. The number of hydrogen-bond donors (Lipinski definition) is 1. The second-order valence-corrected chi connectivity index (χ2v) is 8.67. The number of nitrogens with zero attached hydrogens (tertiary/aromatic N) is 2. The number of likely N-dealkylation sites (tertiary alicyclic amines) is 1. The van der Waals surface area contributed by atoms with Crippen LogP contribution in [0.1, 0.15) is 18.0 Å². The Morgan fingerprint density at radius 2 is 1.87 bits per heavy atom. The van der Waals surface area contributed by atoms with E-state index in [2.05, 4.69) is 24.3 Å². The van der Waals surface area contributed by atoms with Crippen molar-refractivity contribution in [3.05, 3.63) is 52.4 Å². The molecule has 158 valence electrons. The lowest BCUT2D eigenvalue weighted by atomic mass is 9.80. The summed E-state index contributed by atoms with van der Waals surface area (Å²) < 4.78 is 6.86. The molecule has 1 aromatic heterocycles. The molecule has 3 heterocycles. The van der Waals surface area contributed by atoms with Gasteiger partial charge in [-0.15, -0.1) is 11.8 Å². The van der Waals surface area contributed by atoms with Gasteiger partial charge in [0.05, 0.1) is 0 Å². The predicted molar refractivity (Wildman–Crippen MR) is 114 cm³/mol. The zero-order chi connectivity index (χ0) is 21.3. The Labute approximate surface area is 178 Å². The van der Waals surface area contributed by atoms with Gasteiger partial charge in [-0.25, -0.2) is 4.79 Å². The van der Waals surface area contributed by atoms with E-state index in [1.807, 2.05) is 16.9 Å². The number of benzene rings is 1. The molecule has 1 saturated heterocycles. The summed E-state index contributed by atoms with van der Waals surface area (Å²) in [5, 5.41) is 8.69. The number of aromatic nitrogens is 1. The maximum Gasteiger partial charge on any atom is 0.329 e. The van der Waals surface area contributed by atoms with Crippen molar-refractivity contribution in [2.24, 2.45) is 5.92 Å². The van der Waals surface area contributed by atoms with Crippen LogP contribution in [0, 0.1) is 5.92 Å². The summed E-state index contributed by atoms with van der Waals surface area (Å²) in [5.74, 6) is -1.04. The van der Waals surface area contributed by atoms with Crippen molar-refractivity contribution in [2.75, 3.05) is 32.6 Å². The predicted octanol–water partition coefficient (Wildman–Crippen LogP) is 2.28. The molecule has 1 fully saturated rings. The number of pyridine rings is 1. The number of fused-ring (bicyclic) bond motifs is 4. The Bertz CT molecular complexity index is 1020. The van der Waals surface area contributed by atoms with E-state index in [0.717, 1.165) is 23.2 Å². The fraction of sp³-hybridized carbons (Fsp3) is 0.409. The van der Waals surface area contributed by atoms with E-state index >= 15 is 0 Å². The monoisotopic (exact) mass is 428 g/mol. The molecule has 30 heavy (non-hydrogen) atoms. The molecule has 0 unspecified atom stereocenters. The number of carboxylic acid groups (broad SMARTS) is 1. The van der Waals surface area contributed by atoms with Crippen LogP contribution in [0.25, 0.3) is 11.1 Å². The number of aliphatic carboxylic acids is 1. The zero-order valence-corrected chi connectivity index (χ0v) is 17.6. The second kappa shape index (κ2) is 8.65. The SMILES string of the molecule is CSc1ccc(-c2ccc(=O)n3c2[C@@H]2C[C@@H](CN(C(=O)COCC(=O)O)C2)C3)cc1. The number of thioether (sulfide) groups is 1. The van der Waals surface area contributed by atoms with Crippen molar-refractivity contribution in [1.82, 2.24) is 9.47 Å². The Balaban J connectivity index is 1.62.